The van der Waals surface area contributed by atoms with Crippen LogP contribution in [-0.4, -0.2) is 44.5 Å². The lowest BCUT2D eigenvalue weighted by atomic mass is 10.2. The van der Waals surface area contributed by atoms with E-state index in [4.69, 9.17) is 18.9 Å². The molecule has 1 amide bonds. The van der Waals surface area contributed by atoms with E-state index < -0.39 is 11.9 Å². The van der Waals surface area contributed by atoms with Crippen molar-refractivity contribution in [2.24, 2.45) is 5.10 Å². The van der Waals surface area contributed by atoms with E-state index in [-0.39, 0.29) is 19.8 Å². The molecule has 0 bridgehead atoms. The number of esters is 1. The second-order valence-electron chi connectivity index (χ2n) is 6.25. The summed E-state index contributed by atoms with van der Waals surface area (Å²) < 4.78 is 22.0. The van der Waals surface area contributed by atoms with Gasteiger partial charge >= 0.3 is 5.97 Å². The van der Waals surface area contributed by atoms with Crippen LogP contribution in [0.4, 0.5) is 0 Å². The topological polar surface area (TPSA) is 95.5 Å². The van der Waals surface area contributed by atoms with Crippen molar-refractivity contribution in [3.05, 3.63) is 52.0 Å². The van der Waals surface area contributed by atoms with Crippen LogP contribution in [0.25, 0.3) is 0 Å². The number of hydrogen-bond acceptors (Lipinski definition) is 7. The highest BCUT2D eigenvalue weighted by Gasteiger charge is 2.14. The summed E-state index contributed by atoms with van der Waals surface area (Å²) in [5, 5.41) is 3.94. The van der Waals surface area contributed by atoms with Crippen molar-refractivity contribution in [2.45, 2.75) is 20.8 Å². The first-order valence-corrected chi connectivity index (χ1v) is 10.5. The first-order valence-electron chi connectivity index (χ1n) is 9.69. The summed E-state index contributed by atoms with van der Waals surface area (Å²) in [6, 6.07) is 10.8. The van der Waals surface area contributed by atoms with Crippen LogP contribution in [-0.2, 0) is 14.3 Å². The fourth-order valence-electron chi connectivity index (χ4n) is 2.39. The van der Waals surface area contributed by atoms with E-state index in [1.54, 1.807) is 31.2 Å². The molecule has 2 aromatic carbocycles. The van der Waals surface area contributed by atoms with Gasteiger partial charge in [0, 0.05) is 0 Å². The summed E-state index contributed by atoms with van der Waals surface area (Å²) in [6.07, 6.45) is 1.46. The molecule has 0 aliphatic heterocycles. The van der Waals surface area contributed by atoms with Crippen LogP contribution in [0.2, 0.25) is 0 Å². The standard InChI is InChI=1S/C22H25BrN2O6/c1-4-28-19-11-16(10-18(23)22(19)31-14-21(27)29-5-2)12-24-25-20(26)13-30-17-8-6-15(3)7-9-17/h6-12H,4-5,13-14H2,1-3H3,(H,25,26)/b24-12+. The van der Waals surface area contributed by atoms with Gasteiger partial charge < -0.3 is 18.9 Å². The Labute approximate surface area is 189 Å². The number of aryl methyl sites for hydroxylation is 1. The number of halogens is 1. The number of carbonyl (C=O) groups is 2. The van der Waals surface area contributed by atoms with Crippen molar-refractivity contribution < 1.29 is 28.5 Å². The van der Waals surface area contributed by atoms with E-state index in [0.29, 0.717) is 33.9 Å². The van der Waals surface area contributed by atoms with Crippen molar-refractivity contribution in [1.29, 1.82) is 0 Å². The maximum absolute atomic E-state index is 11.9. The second kappa shape index (κ2) is 12.6. The normalized spacial score (nSPS) is 10.6. The minimum Gasteiger partial charge on any atom is -0.490 e. The van der Waals surface area contributed by atoms with E-state index >= 15 is 0 Å². The molecule has 166 valence electrons. The van der Waals surface area contributed by atoms with Crippen LogP contribution in [0.3, 0.4) is 0 Å². The first kappa shape index (κ1) is 24.2. The maximum atomic E-state index is 11.9. The molecule has 0 atom stereocenters. The fraction of sp³-hybridized carbons (Fsp3) is 0.318. The van der Waals surface area contributed by atoms with E-state index in [1.165, 1.54) is 6.21 Å². The number of ether oxygens (including phenoxy) is 4. The molecule has 31 heavy (non-hydrogen) atoms. The zero-order chi connectivity index (χ0) is 22.6. The lowest BCUT2D eigenvalue weighted by Crippen LogP contribution is -2.24. The lowest BCUT2D eigenvalue weighted by molar-refractivity contribution is -0.145. The molecule has 9 heteroatoms. The van der Waals surface area contributed by atoms with Gasteiger partial charge in [-0.2, -0.15) is 5.10 Å². The minimum atomic E-state index is -0.474. The molecule has 0 spiro atoms. The number of nitrogens with zero attached hydrogens (tertiary/aromatic N) is 1. The Bertz CT molecular complexity index is 915. The van der Waals surface area contributed by atoms with Gasteiger partial charge in [0.25, 0.3) is 5.91 Å². The number of nitrogens with one attached hydrogen (secondary N) is 1. The monoisotopic (exact) mass is 492 g/mol. The third-order valence-corrected chi connectivity index (χ3v) is 4.35. The van der Waals surface area contributed by atoms with Gasteiger partial charge in [0.2, 0.25) is 0 Å². The number of carbonyl (C=O) groups excluding carboxylic acids is 2. The summed E-state index contributed by atoms with van der Waals surface area (Å²) in [6.45, 7) is 5.80. The molecule has 1 N–H and O–H groups in total. The van der Waals surface area contributed by atoms with Gasteiger partial charge in [-0.25, -0.2) is 10.2 Å². The van der Waals surface area contributed by atoms with Crippen LogP contribution in [0.15, 0.2) is 46.0 Å². The Morgan fingerprint density at radius 1 is 1.03 bits per heavy atom. The van der Waals surface area contributed by atoms with E-state index in [1.807, 2.05) is 26.0 Å². The van der Waals surface area contributed by atoms with Gasteiger partial charge in [-0.1, -0.05) is 17.7 Å². The van der Waals surface area contributed by atoms with Crippen molar-refractivity contribution in [3.63, 3.8) is 0 Å². The van der Waals surface area contributed by atoms with Gasteiger partial charge in [0.15, 0.2) is 24.7 Å². The molecule has 0 saturated heterocycles. The molecule has 2 rings (SSSR count). The van der Waals surface area contributed by atoms with E-state index in [2.05, 4.69) is 26.5 Å². The predicted octanol–water partition coefficient (Wildman–Crippen LogP) is 3.63. The van der Waals surface area contributed by atoms with Gasteiger partial charge in [0.05, 0.1) is 23.9 Å². The number of hydrazone groups is 1. The van der Waals surface area contributed by atoms with Crippen LogP contribution >= 0.6 is 15.9 Å². The zero-order valence-electron chi connectivity index (χ0n) is 17.6. The Balaban J connectivity index is 1.96. The van der Waals surface area contributed by atoms with Gasteiger partial charge in [-0.3, -0.25) is 4.79 Å². The van der Waals surface area contributed by atoms with Crippen LogP contribution in [0.1, 0.15) is 25.0 Å². The summed E-state index contributed by atoms with van der Waals surface area (Å²) in [5.41, 5.74) is 4.17. The van der Waals surface area contributed by atoms with Crippen molar-refractivity contribution in [1.82, 2.24) is 5.43 Å². The molecule has 0 aliphatic rings. The Morgan fingerprint density at radius 2 is 1.77 bits per heavy atom. The average Bonchev–Trinajstić information content (AvgIpc) is 2.73. The second-order valence-corrected chi connectivity index (χ2v) is 7.11. The van der Waals surface area contributed by atoms with E-state index in [9.17, 15) is 9.59 Å². The highest BCUT2D eigenvalue weighted by atomic mass is 79.9. The van der Waals surface area contributed by atoms with Gasteiger partial charge in [0.1, 0.15) is 5.75 Å². The lowest BCUT2D eigenvalue weighted by Gasteiger charge is -2.14. The zero-order valence-corrected chi connectivity index (χ0v) is 19.2. The third kappa shape index (κ3) is 8.29. The molecule has 0 heterocycles. The number of hydrogen-bond donors (Lipinski definition) is 1. The fourth-order valence-corrected chi connectivity index (χ4v) is 2.97. The van der Waals surface area contributed by atoms with E-state index in [0.717, 1.165) is 5.56 Å². The SMILES string of the molecule is CCOC(=O)COc1c(Br)cc(/C=N/NC(=O)COc2ccc(C)cc2)cc1OCC. The number of amides is 1. The van der Waals surface area contributed by atoms with Crippen molar-refractivity contribution in [3.8, 4) is 17.2 Å². The van der Waals surface area contributed by atoms with Crippen LogP contribution in [0, 0.1) is 6.92 Å². The Morgan fingerprint density at radius 3 is 2.45 bits per heavy atom. The molecule has 0 radical (unpaired) electrons. The molecule has 0 aliphatic carbocycles. The minimum absolute atomic E-state index is 0.158. The highest BCUT2D eigenvalue weighted by Crippen LogP contribution is 2.36. The third-order valence-electron chi connectivity index (χ3n) is 3.77. The predicted molar refractivity (Wildman–Crippen MR) is 120 cm³/mol. The number of rotatable bonds is 11. The summed E-state index contributed by atoms with van der Waals surface area (Å²) in [7, 11) is 0. The summed E-state index contributed by atoms with van der Waals surface area (Å²) in [5.74, 6) is 0.543. The average molecular weight is 493 g/mol. The molecule has 0 unspecified atom stereocenters. The molecular weight excluding hydrogens is 468 g/mol. The molecule has 0 aromatic heterocycles. The van der Waals surface area contributed by atoms with Crippen LogP contribution in [0.5, 0.6) is 17.2 Å². The van der Waals surface area contributed by atoms with Gasteiger partial charge in [-0.15, -0.1) is 0 Å². The molecule has 0 fully saturated rings. The van der Waals surface area contributed by atoms with Crippen LogP contribution < -0.4 is 19.6 Å². The van der Waals surface area contributed by atoms with Crippen molar-refractivity contribution >= 4 is 34.0 Å². The molecule has 8 nitrogen and oxygen atoms in total. The maximum Gasteiger partial charge on any atom is 0.344 e. The smallest absolute Gasteiger partial charge is 0.344 e. The number of benzene rings is 2. The molecule has 2 aromatic rings. The molecule has 0 saturated carbocycles. The Hall–Kier alpha value is -3.07. The summed E-state index contributed by atoms with van der Waals surface area (Å²) >= 11 is 3.41. The first-order chi connectivity index (χ1) is 14.9. The largest absolute Gasteiger partial charge is 0.490 e. The summed E-state index contributed by atoms with van der Waals surface area (Å²) in [4.78, 5) is 23.5. The molecular formula is C22H25BrN2O6. The quantitative estimate of drug-likeness (QED) is 0.292. The van der Waals surface area contributed by atoms with Crippen molar-refractivity contribution in [2.75, 3.05) is 26.4 Å². The highest BCUT2D eigenvalue weighted by molar-refractivity contribution is 9.10. The van der Waals surface area contributed by atoms with Gasteiger partial charge in [-0.05, 0) is 66.5 Å². The Kier molecular flexibility index (Phi) is 9.83.